The Hall–Kier alpha value is -1.33. The number of hydrogen-bond acceptors (Lipinski definition) is 3. The Morgan fingerprint density at radius 3 is 2.57 bits per heavy atom. The van der Waals surface area contributed by atoms with E-state index >= 15 is 0 Å². The van der Waals surface area contributed by atoms with Crippen molar-refractivity contribution in [3.8, 4) is 0 Å². The lowest BCUT2D eigenvalue weighted by Gasteiger charge is -2.20. The molecule has 0 saturated carbocycles. The quantitative estimate of drug-likeness (QED) is 0.836. The molecule has 0 atom stereocenters. The number of anilines is 2. The molecule has 1 heterocycles. The van der Waals surface area contributed by atoms with E-state index in [4.69, 9.17) is 23.8 Å². The number of thiocarbonyl (C=S) groups is 1. The molecule has 1 aromatic rings. The molecule has 2 rings (SSSR count). The van der Waals surface area contributed by atoms with E-state index in [1.165, 1.54) is 12.8 Å². The van der Waals surface area contributed by atoms with Crippen LogP contribution in [0.25, 0.3) is 0 Å². The number of carbonyl (C=O) groups is 1. The fraction of sp³-hybridized carbons (Fsp3) is 0.467. The van der Waals surface area contributed by atoms with Crippen molar-refractivity contribution in [2.75, 3.05) is 23.3 Å². The predicted octanol–water partition coefficient (Wildman–Crippen LogP) is 3.41. The van der Waals surface area contributed by atoms with E-state index in [2.05, 4.69) is 15.5 Å². The molecular formula is C15H20ClN3OS. The van der Waals surface area contributed by atoms with Crippen LogP contribution in [0.4, 0.5) is 11.4 Å². The summed E-state index contributed by atoms with van der Waals surface area (Å²) in [7, 11) is 0. The number of halogens is 1. The fourth-order valence-electron chi connectivity index (χ4n) is 2.22. The summed E-state index contributed by atoms with van der Waals surface area (Å²) in [6.07, 6.45) is 2.42. The molecule has 0 aliphatic carbocycles. The van der Waals surface area contributed by atoms with Crippen molar-refractivity contribution in [3.63, 3.8) is 0 Å². The Kier molecular flexibility index (Phi) is 5.42. The third-order valence-corrected chi connectivity index (χ3v) is 3.92. The average Bonchev–Trinajstić information content (AvgIpc) is 2.92. The highest BCUT2D eigenvalue weighted by molar-refractivity contribution is 7.80. The normalized spacial score (nSPS) is 14.4. The Balaban J connectivity index is 1.99. The number of benzene rings is 1. The maximum absolute atomic E-state index is 11.6. The standard InChI is InChI=1S/C15H20ClN3OS/c1-10(2)14(20)18-15(21)17-11-5-6-13(12(16)9-11)19-7-3-4-8-19/h5-6,9-10H,3-4,7-8H2,1-2H3,(H2,17,18,20,21). The van der Waals surface area contributed by atoms with Gasteiger partial charge in [0.1, 0.15) is 0 Å². The van der Waals surface area contributed by atoms with Crippen LogP contribution in [0.2, 0.25) is 5.02 Å². The van der Waals surface area contributed by atoms with Gasteiger partial charge >= 0.3 is 0 Å². The van der Waals surface area contributed by atoms with Crippen molar-refractivity contribution in [2.45, 2.75) is 26.7 Å². The van der Waals surface area contributed by atoms with Gasteiger partial charge in [0.25, 0.3) is 0 Å². The summed E-state index contributed by atoms with van der Waals surface area (Å²) in [4.78, 5) is 13.8. The van der Waals surface area contributed by atoms with E-state index in [1.54, 1.807) is 0 Å². The maximum Gasteiger partial charge on any atom is 0.228 e. The van der Waals surface area contributed by atoms with Crippen LogP contribution in [0, 0.1) is 5.92 Å². The zero-order chi connectivity index (χ0) is 15.4. The van der Waals surface area contributed by atoms with Crippen LogP contribution in [0.15, 0.2) is 18.2 Å². The van der Waals surface area contributed by atoms with Crippen LogP contribution in [-0.2, 0) is 4.79 Å². The molecule has 4 nitrogen and oxygen atoms in total. The van der Waals surface area contributed by atoms with Gasteiger partial charge in [-0.1, -0.05) is 25.4 Å². The van der Waals surface area contributed by atoms with Crippen molar-refractivity contribution < 1.29 is 4.79 Å². The number of amides is 1. The molecule has 0 aromatic heterocycles. The van der Waals surface area contributed by atoms with Gasteiger partial charge in [0.05, 0.1) is 10.7 Å². The molecule has 1 aliphatic heterocycles. The van der Waals surface area contributed by atoms with E-state index < -0.39 is 0 Å². The SMILES string of the molecule is CC(C)C(=O)NC(=S)Nc1ccc(N2CCCC2)c(Cl)c1. The highest BCUT2D eigenvalue weighted by Gasteiger charge is 2.15. The van der Waals surface area contributed by atoms with Gasteiger partial charge in [0.15, 0.2) is 5.11 Å². The first-order valence-corrected chi connectivity index (χ1v) is 7.92. The molecule has 1 fully saturated rings. The molecule has 0 radical (unpaired) electrons. The molecule has 0 spiro atoms. The Morgan fingerprint density at radius 2 is 2.00 bits per heavy atom. The topological polar surface area (TPSA) is 44.4 Å². The van der Waals surface area contributed by atoms with Crippen molar-refractivity contribution in [3.05, 3.63) is 23.2 Å². The van der Waals surface area contributed by atoms with Gasteiger partial charge in [0.2, 0.25) is 5.91 Å². The Morgan fingerprint density at radius 1 is 1.33 bits per heavy atom. The first-order valence-electron chi connectivity index (χ1n) is 7.13. The minimum absolute atomic E-state index is 0.104. The average molecular weight is 326 g/mol. The second-order valence-corrected chi connectivity index (χ2v) is 6.27. The van der Waals surface area contributed by atoms with Crippen LogP contribution >= 0.6 is 23.8 Å². The molecular weight excluding hydrogens is 306 g/mol. The zero-order valence-electron chi connectivity index (χ0n) is 12.3. The highest BCUT2D eigenvalue weighted by atomic mass is 35.5. The summed E-state index contributed by atoms with van der Waals surface area (Å²) in [5.41, 5.74) is 1.83. The molecule has 114 valence electrons. The molecule has 1 aromatic carbocycles. The summed E-state index contributed by atoms with van der Waals surface area (Å²) in [6, 6.07) is 5.75. The second kappa shape index (κ2) is 7.09. The third kappa shape index (κ3) is 4.32. The number of rotatable bonds is 3. The third-order valence-electron chi connectivity index (χ3n) is 3.41. The molecule has 0 unspecified atom stereocenters. The lowest BCUT2D eigenvalue weighted by molar-refractivity contribution is -0.122. The summed E-state index contributed by atoms with van der Waals surface area (Å²) in [5.74, 6) is -0.210. The molecule has 21 heavy (non-hydrogen) atoms. The molecule has 2 N–H and O–H groups in total. The van der Waals surface area contributed by atoms with Crippen LogP contribution < -0.4 is 15.5 Å². The molecule has 6 heteroatoms. The van der Waals surface area contributed by atoms with Gasteiger partial charge in [-0.3, -0.25) is 4.79 Å². The number of hydrogen-bond donors (Lipinski definition) is 2. The van der Waals surface area contributed by atoms with Gasteiger partial charge in [-0.2, -0.15) is 0 Å². The maximum atomic E-state index is 11.6. The predicted molar refractivity (Wildman–Crippen MR) is 92.1 cm³/mol. The van der Waals surface area contributed by atoms with Gasteiger partial charge in [0, 0.05) is 24.7 Å². The lowest BCUT2D eigenvalue weighted by atomic mass is 10.2. The van der Waals surface area contributed by atoms with Crippen molar-refractivity contribution in [1.82, 2.24) is 5.32 Å². The van der Waals surface area contributed by atoms with E-state index in [-0.39, 0.29) is 11.8 Å². The molecule has 1 saturated heterocycles. The summed E-state index contributed by atoms with van der Waals surface area (Å²) < 4.78 is 0. The molecule has 0 bridgehead atoms. The van der Waals surface area contributed by atoms with E-state index in [9.17, 15) is 4.79 Å². The highest BCUT2D eigenvalue weighted by Crippen LogP contribution is 2.31. The summed E-state index contributed by atoms with van der Waals surface area (Å²) >= 11 is 11.5. The second-order valence-electron chi connectivity index (χ2n) is 5.46. The van der Waals surface area contributed by atoms with Crippen molar-refractivity contribution in [2.24, 2.45) is 5.92 Å². The van der Waals surface area contributed by atoms with Crippen LogP contribution in [-0.4, -0.2) is 24.1 Å². The molecule has 1 amide bonds. The fourth-order valence-corrected chi connectivity index (χ4v) is 2.74. The van der Waals surface area contributed by atoms with Gasteiger partial charge in [-0.15, -0.1) is 0 Å². The molecule has 1 aliphatic rings. The van der Waals surface area contributed by atoms with E-state index in [1.807, 2.05) is 32.0 Å². The summed E-state index contributed by atoms with van der Waals surface area (Å²) in [5, 5.41) is 6.61. The van der Waals surface area contributed by atoms with E-state index in [0.717, 1.165) is 24.5 Å². The van der Waals surface area contributed by atoms with Crippen molar-refractivity contribution >= 4 is 46.2 Å². The number of nitrogens with one attached hydrogen (secondary N) is 2. The van der Waals surface area contributed by atoms with Gasteiger partial charge in [-0.25, -0.2) is 0 Å². The largest absolute Gasteiger partial charge is 0.370 e. The van der Waals surface area contributed by atoms with Crippen LogP contribution in [0.5, 0.6) is 0 Å². The Labute approximate surface area is 135 Å². The zero-order valence-corrected chi connectivity index (χ0v) is 13.9. The number of nitrogens with zero attached hydrogens (tertiary/aromatic N) is 1. The van der Waals surface area contributed by atoms with Gasteiger partial charge in [-0.05, 0) is 43.3 Å². The minimum Gasteiger partial charge on any atom is -0.370 e. The van der Waals surface area contributed by atoms with Gasteiger partial charge < -0.3 is 15.5 Å². The van der Waals surface area contributed by atoms with Crippen molar-refractivity contribution in [1.29, 1.82) is 0 Å². The van der Waals surface area contributed by atoms with Crippen LogP contribution in [0.3, 0.4) is 0 Å². The first kappa shape index (κ1) is 16.0. The smallest absolute Gasteiger partial charge is 0.228 e. The minimum atomic E-state index is -0.106. The van der Waals surface area contributed by atoms with E-state index in [0.29, 0.717) is 10.1 Å². The van der Waals surface area contributed by atoms with Crippen LogP contribution in [0.1, 0.15) is 26.7 Å². The lowest BCUT2D eigenvalue weighted by Crippen LogP contribution is -2.36. The first-order chi connectivity index (χ1) is 9.97. The monoisotopic (exact) mass is 325 g/mol. The number of carbonyl (C=O) groups excluding carboxylic acids is 1. The summed E-state index contributed by atoms with van der Waals surface area (Å²) in [6.45, 7) is 5.74. The Bertz CT molecular complexity index is 542.